The van der Waals surface area contributed by atoms with Crippen molar-refractivity contribution in [3.63, 3.8) is 0 Å². The van der Waals surface area contributed by atoms with Crippen LogP contribution in [0.2, 0.25) is 0 Å². The number of methoxy groups -OCH3 is 1. The van der Waals surface area contributed by atoms with Gasteiger partial charge in [-0.15, -0.1) is 0 Å². The highest BCUT2D eigenvalue weighted by Gasteiger charge is 2.31. The second-order valence-electron chi connectivity index (χ2n) is 5.11. The summed E-state index contributed by atoms with van der Waals surface area (Å²) in [4.78, 5) is 13.1. The summed E-state index contributed by atoms with van der Waals surface area (Å²) in [7, 11) is 1.33. The van der Waals surface area contributed by atoms with Gasteiger partial charge in [-0.3, -0.25) is 9.69 Å². The number of hydrogen-bond acceptors (Lipinski definition) is 4. The number of hydrogen-bond donors (Lipinski definition) is 0. The highest BCUT2D eigenvalue weighted by molar-refractivity contribution is 5.69. The van der Waals surface area contributed by atoms with Gasteiger partial charge in [0.25, 0.3) is 0 Å². The van der Waals surface area contributed by atoms with E-state index in [4.69, 9.17) is 4.74 Å². The molecule has 1 aromatic rings. The lowest BCUT2D eigenvalue weighted by atomic mass is 10.0. The summed E-state index contributed by atoms with van der Waals surface area (Å²) in [5.74, 6) is -0.304. The zero-order valence-corrected chi connectivity index (χ0v) is 12.2. The van der Waals surface area contributed by atoms with Crippen LogP contribution in [0.25, 0.3) is 0 Å². The Labute approximate surface area is 126 Å². The molecule has 7 heteroatoms. The third-order valence-corrected chi connectivity index (χ3v) is 3.60. The Morgan fingerprint density at radius 3 is 2.91 bits per heavy atom. The molecule has 122 valence electrons. The highest BCUT2D eigenvalue weighted by Crippen LogP contribution is 2.32. The van der Waals surface area contributed by atoms with Gasteiger partial charge in [-0.2, -0.15) is 13.2 Å². The SMILES string of the molecule is COC(=O)CCN1CCO[C@H](c2cccc(C(F)(F)F)c2)C1. The molecule has 0 spiro atoms. The maximum absolute atomic E-state index is 12.8. The Bertz CT molecular complexity index is 519. The van der Waals surface area contributed by atoms with E-state index in [9.17, 15) is 18.0 Å². The molecular formula is C15H18F3NO3. The predicted molar refractivity (Wildman–Crippen MR) is 73.2 cm³/mol. The van der Waals surface area contributed by atoms with Crippen LogP contribution in [-0.2, 0) is 20.4 Å². The molecular weight excluding hydrogens is 299 g/mol. The van der Waals surface area contributed by atoms with Crippen LogP contribution in [0.3, 0.4) is 0 Å². The Hall–Kier alpha value is -1.60. The summed E-state index contributed by atoms with van der Waals surface area (Å²) in [5, 5.41) is 0. The molecule has 0 saturated carbocycles. The summed E-state index contributed by atoms with van der Waals surface area (Å²) in [5.41, 5.74) is -0.183. The molecule has 0 aromatic heterocycles. The minimum absolute atomic E-state index is 0.256. The number of rotatable bonds is 4. The zero-order chi connectivity index (χ0) is 16.2. The molecule has 1 aromatic carbocycles. The van der Waals surface area contributed by atoms with E-state index in [2.05, 4.69) is 4.74 Å². The molecule has 1 fully saturated rings. The van der Waals surface area contributed by atoms with E-state index in [0.29, 0.717) is 31.8 Å². The smallest absolute Gasteiger partial charge is 0.416 e. The summed E-state index contributed by atoms with van der Waals surface area (Å²) in [6.07, 6.45) is -4.53. The van der Waals surface area contributed by atoms with Crippen molar-refractivity contribution in [2.45, 2.75) is 18.7 Å². The molecule has 1 heterocycles. The van der Waals surface area contributed by atoms with Crippen LogP contribution in [-0.4, -0.2) is 44.2 Å². The molecule has 1 aliphatic rings. The monoisotopic (exact) mass is 317 g/mol. The van der Waals surface area contributed by atoms with Crippen molar-refractivity contribution >= 4 is 5.97 Å². The van der Waals surface area contributed by atoms with E-state index in [1.165, 1.54) is 13.2 Å². The Morgan fingerprint density at radius 2 is 2.23 bits per heavy atom. The van der Waals surface area contributed by atoms with Crippen molar-refractivity contribution in [3.05, 3.63) is 35.4 Å². The summed E-state index contributed by atoms with van der Waals surface area (Å²) >= 11 is 0. The molecule has 2 rings (SSSR count). The van der Waals surface area contributed by atoms with Gasteiger partial charge < -0.3 is 9.47 Å². The molecule has 0 bridgehead atoms. The maximum atomic E-state index is 12.8. The van der Waals surface area contributed by atoms with Crippen LogP contribution in [0.4, 0.5) is 13.2 Å². The molecule has 4 nitrogen and oxygen atoms in total. The van der Waals surface area contributed by atoms with Gasteiger partial charge in [0.15, 0.2) is 0 Å². The molecule has 0 aliphatic carbocycles. The van der Waals surface area contributed by atoms with Gasteiger partial charge in [0.2, 0.25) is 0 Å². The first-order valence-corrected chi connectivity index (χ1v) is 6.98. The second kappa shape index (κ2) is 7.11. The minimum atomic E-state index is -4.37. The fraction of sp³-hybridized carbons (Fsp3) is 0.533. The maximum Gasteiger partial charge on any atom is 0.416 e. The lowest BCUT2D eigenvalue weighted by Crippen LogP contribution is -2.39. The van der Waals surface area contributed by atoms with Crippen LogP contribution in [0.15, 0.2) is 24.3 Å². The number of carbonyl (C=O) groups is 1. The average Bonchev–Trinajstić information content (AvgIpc) is 2.52. The Balaban J connectivity index is 2.01. The van der Waals surface area contributed by atoms with Crippen LogP contribution < -0.4 is 0 Å². The van der Waals surface area contributed by atoms with E-state index in [1.807, 2.05) is 4.90 Å². The Kier molecular flexibility index (Phi) is 5.42. The molecule has 0 unspecified atom stereocenters. The number of morpholine rings is 1. The first-order valence-electron chi connectivity index (χ1n) is 6.98. The number of alkyl halides is 3. The largest absolute Gasteiger partial charge is 0.469 e. The topological polar surface area (TPSA) is 38.8 Å². The first kappa shape index (κ1) is 16.8. The molecule has 0 radical (unpaired) electrons. The van der Waals surface area contributed by atoms with Crippen LogP contribution in [0.1, 0.15) is 23.7 Å². The second-order valence-corrected chi connectivity index (χ2v) is 5.11. The van der Waals surface area contributed by atoms with Gasteiger partial charge >= 0.3 is 12.1 Å². The first-order chi connectivity index (χ1) is 10.4. The van der Waals surface area contributed by atoms with Crippen molar-refractivity contribution in [3.8, 4) is 0 Å². The molecule has 22 heavy (non-hydrogen) atoms. The fourth-order valence-corrected chi connectivity index (χ4v) is 2.37. The zero-order valence-electron chi connectivity index (χ0n) is 12.2. The average molecular weight is 317 g/mol. The normalized spacial score (nSPS) is 19.9. The fourth-order valence-electron chi connectivity index (χ4n) is 2.37. The third-order valence-electron chi connectivity index (χ3n) is 3.60. The van der Waals surface area contributed by atoms with Gasteiger partial charge in [0.05, 0.1) is 31.8 Å². The summed E-state index contributed by atoms with van der Waals surface area (Å²) in [6.45, 7) is 2.03. The number of benzene rings is 1. The number of nitrogens with zero attached hydrogens (tertiary/aromatic N) is 1. The predicted octanol–water partition coefficient (Wildman–Crippen LogP) is 2.64. The van der Waals surface area contributed by atoms with Crippen molar-refractivity contribution in [1.29, 1.82) is 0 Å². The van der Waals surface area contributed by atoms with E-state index < -0.39 is 17.8 Å². The lowest BCUT2D eigenvalue weighted by molar-refractivity contribution is -0.141. The van der Waals surface area contributed by atoms with E-state index in [0.717, 1.165) is 12.1 Å². The van der Waals surface area contributed by atoms with Crippen molar-refractivity contribution < 1.29 is 27.4 Å². The van der Waals surface area contributed by atoms with Crippen molar-refractivity contribution in [2.75, 3.05) is 33.4 Å². The van der Waals surface area contributed by atoms with E-state index >= 15 is 0 Å². The van der Waals surface area contributed by atoms with Crippen LogP contribution >= 0.6 is 0 Å². The molecule has 1 aliphatic heterocycles. The van der Waals surface area contributed by atoms with Crippen LogP contribution in [0, 0.1) is 0 Å². The van der Waals surface area contributed by atoms with Gasteiger partial charge in [-0.05, 0) is 17.7 Å². The van der Waals surface area contributed by atoms with Gasteiger partial charge in [-0.25, -0.2) is 0 Å². The molecule has 1 saturated heterocycles. The quantitative estimate of drug-likeness (QED) is 0.800. The van der Waals surface area contributed by atoms with Crippen LogP contribution in [0.5, 0.6) is 0 Å². The van der Waals surface area contributed by atoms with E-state index in [-0.39, 0.29) is 12.4 Å². The van der Waals surface area contributed by atoms with Gasteiger partial charge in [-0.1, -0.05) is 12.1 Å². The Morgan fingerprint density at radius 1 is 1.45 bits per heavy atom. The summed E-state index contributed by atoms with van der Waals surface area (Å²) < 4.78 is 48.4. The van der Waals surface area contributed by atoms with E-state index in [1.54, 1.807) is 6.07 Å². The minimum Gasteiger partial charge on any atom is -0.469 e. The van der Waals surface area contributed by atoms with Crippen molar-refractivity contribution in [2.24, 2.45) is 0 Å². The number of esters is 1. The molecule has 0 N–H and O–H groups in total. The molecule has 0 amide bonds. The summed E-state index contributed by atoms with van der Waals surface area (Å²) in [6, 6.07) is 5.18. The standard InChI is InChI=1S/C15H18F3NO3/c1-21-14(20)5-6-19-7-8-22-13(10-19)11-3-2-4-12(9-11)15(16,17)18/h2-4,9,13H,5-8,10H2,1H3/t13-/m0/s1. The van der Waals surface area contributed by atoms with Gasteiger partial charge in [0.1, 0.15) is 0 Å². The third kappa shape index (κ3) is 4.45. The van der Waals surface area contributed by atoms with Crippen molar-refractivity contribution in [1.82, 2.24) is 4.90 Å². The lowest BCUT2D eigenvalue weighted by Gasteiger charge is -2.33. The number of ether oxygens (including phenoxy) is 2. The van der Waals surface area contributed by atoms with Gasteiger partial charge in [0, 0.05) is 19.6 Å². The molecule has 1 atom stereocenters. The number of carbonyl (C=O) groups excluding carboxylic acids is 1. The number of halogens is 3. The highest BCUT2D eigenvalue weighted by atomic mass is 19.4.